The van der Waals surface area contributed by atoms with Gasteiger partial charge in [0.2, 0.25) is 0 Å². The van der Waals surface area contributed by atoms with Gasteiger partial charge in [0.05, 0.1) is 4.90 Å². The second kappa shape index (κ2) is 7.80. The Bertz CT molecular complexity index is 814. The summed E-state index contributed by atoms with van der Waals surface area (Å²) in [5.74, 6) is 2.28. The van der Waals surface area contributed by atoms with Crippen molar-refractivity contribution in [2.45, 2.75) is 51.9 Å². The van der Waals surface area contributed by atoms with Crippen LogP contribution in [-0.4, -0.2) is 13.0 Å². The summed E-state index contributed by atoms with van der Waals surface area (Å²) in [4.78, 5) is -0.151. The van der Waals surface area contributed by atoms with Gasteiger partial charge in [-0.25, -0.2) is 0 Å². The van der Waals surface area contributed by atoms with Gasteiger partial charge >= 0.3 is 0 Å². The summed E-state index contributed by atoms with van der Waals surface area (Å²) in [5.41, 5.74) is 1.47. The van der Waals surface area contributed by atoms with Gasteiger partial charge in [0.25, 0.3) is 10.1 Å². The molecule has 0 saturated carbocycles. The normalized spacial score (nSPS) is 13.7. The molecule has 0 aromatic heterocycles. The van der Waals surface area contributed by atoms with Crippen LogP contribution in [0.25, 0.3) is 0 Å². The van der Waals surface area contributed by atoms with E-state index in [1.165, 1.54) is 29.8 Å². The molecule has 0 amide bonds. The van der Waals surface area contributed by atoms with Crippen LogP contribution >= 0.6 is 0 Å². The minimum absolute atomic E-state index is 0.151. The van der Waals surface area contributed by atoms with Gasteiger partial charge in [-0.3, -0.25) is 4.55 Å². The van der Waals surface area contributed by atoms with Gasteiger partial charge in [-0.1, -0.05) is 46.8 Å². The molecule has 2 rings (SSSR count). The highest BCUT2D eigenvalue weighted by Crippen LogP contribution is 2.40. The molecule has 0 fully saturated rings. The van der Waals surface area contributed by atoms with E-state index in [1.807, 2.05) is 12.1 Å². The van der Waals surface area contributed by atoms with E-state index in [0.717, 1.165) is 6.42 Å². The molecular formula is C21H28O4S. The predicted octanol–water partition coefficient (Wildman–Crippen LogP) is 5.90. The third kappa shape index (κ3) is 5.58. The summed E-state index contributed by atoms with van der Waals surface area (Å²) >= 11 is 0. The average molecular weight is 377 g/mol. The van der Waals surface area contributed by atoms with E-state index in [2.05, 4.69) is 46.8 Å². The van der Waals surface area contributed by atoms with Crippen LogP contribution in [0.5, 0.6) is 11.5 Å². The molecule has 0 radical (unpaired) electrons. The molecule has 1 N–H and O–H groups in total. The number of hydrogen-bond donors (Lipinski definition) is 1. The van der Waals surface area contributed by atoms with E-state index in [0.29, 0.717) is 23.3 Å². The fourth-order valence-electron chi connectivity index (χ4n) is 3.04. The summed E-state index contributed by atoms with van der Waals surface area (Å²) in [6, 6.07) is 13.7. The van der Waals surface area contributed by atoms with Gasteiger partial charge in [-0.05, 0) is 65.6 Å². The summed E-state index contributed by atoms with van der Waals surface area (Å²) in [6.07, 6.45) is 1.13. The summed E-state index contributed by atoms with van der Waals surface area (Å²) in [7, 11) is -4.19. The average Bonchev–Trinajstić information content (AvgIpc) is 2.52. The van der Waals surface area contributed by atoms with E-state index < -0.39 is 10.1 Å². The predicted molar refractivity (Wildman–Crippen MR) is 104 cm³/mol. The first-order valence-corrected chi connectivity index (χ1v) is 10.3. The van der Waals surface area contributed by atoms with Crippen molar-refractivity contribution in [2.75, 3.05) is 0 Å². The lowest BCUT2D eigenvalue weighted by Crippen LogP contribution is -2.20. The molecule has 0 saturated heterocycles. The van der Waals surface area contributed by atoms with Crippen molar-refractivity contribution < 1.29 is 17.7 Å². The molecule has 0 heterocycles. The Hall–Kier alpha value is -1.85. The molecule has 26 heavy (non-hydrogen) atoms. The SMILES string of the molecule is CC(C)CC(c1ccc(Oc2ccc(S(=O)(=O)O)cc2)cc1)C(C)(C)C. The standard InChI is InChI=1S/C21H28O4S/c1-15(2)14-20(21(3,4)5)16-6-8-17(9-7-16)25-18-10-12-19(13-11-18)26(22,23)24/h6-13,15,20H,14H2,1-5H3,(H,22,23,24). The van der Waals surface area contributed by atoms with Crippen molar-refractivity contribution in [3.05, 3.63) is 54.1 Å². The van der Waals surface area contributed by atoms with Crippen LogP contribution in [0.2, 0.25) is 0 Å². The Morgan fingerprint density at radius 2 is 1.38 bits per heavy atom. The van der Waals surface area contributed by atoms with Crippen molar-refractivity contribution in [3.8, 4) is 11.5 Å². The van der Waals surface area contributed by atoms with Gasteiger partial charge < -0.3 is 4.74 Å². The number of hydrogen-bond acceptors (Lipinski definition) is 3. The van der Waals surface area contributed by atoms with Gasteiger partial charge in [-0.2, -0.15) is 8.42 Å². The minimum Gasteiger partial charge on any atom is -0.457 e. The quantitative estimate of drug-likeness (QED) is 0.637. The Morgan fingerprint density at radius 3 is 1.77 bits per heavy atom. The van der Waals surface area contributed by atoms with E-state index in [4.69, 9.17) is 9.29 Å². The second-order valence-electron chi connectivity index (χ2n) is 8.17. The van der Waals surface area contributed by atoms with Crippen molar-refractivity contribution in [1.29, 1.82) is 0 Å². The molecule has 2 aromatic carbocycles. The minimum atomic E-state index is -4.19. The topological polar surface area (TPSA) is 63.6 Å². The van der Waals surface area contributed by atoms with Gasteiger partial charge in [0, 0.05) is 0 Å². The highest BCUT2D eigenvalue weighted by molar-refractivity contribution is 7.85. The van der Waals surface area contributed by atoms with Crippen LogP contribution in [0.4, 0.5) is 0 Å². The zero-order valence-corrected chi connectivity index (χ0v) is 16.9. The summed E-state index contributed by atoms with van der Waals surface area (Å²) in [6.45, 7) is 11.3. The van der Waals surface area contributed by atoms with Gasteiger partial charge in [0.15, 0.2) is 0 Å². The summed E-state index contributed by atoms with van der Waals surface area (Å²) < 4.78 is 36.9. The first kappa shape index (κ1) is 20.5. The molecule has 0 bridgehead atoms. The van der Waals surface area contributed by atoms with E-state index in [-0.39, 0.29) is 10.3 Å². The smallest absolute Gasteiger partial charge is 0.294 e. The Labute approximate surface area is 157 Å². The molecule has 5 heteroatoms. The zero-order valence-electron chi connectivity index (χ0n) is 16.1. The number of benzene rings is 2. The lowest BCUT2D eigenvalue weighted by atomic mass is 9.72. The number of rotatable bonds is 6. The largest absolute Gasteiger partial charge is 0.457 e. The van der Waals surface area contributed by atoms with Crippen LogP contribution in [0.15, 0.2) is 53.4 Å². The van der Waals surface area contributed by atoms with Crippen molar-refractivity contribution >= 4 is 10.1 Å². The van der Waals surface area contributed by atoms with Crippen molar-refractivity contribution in [3.63, 3.8) is 0 Å². The van der Waals surface area contributed by atoms with Crippen LogP contribution in [0, 0.1) is 11.3 Å². The van der Waals surface area contributed by atoms with Gasteiger partial charge in [0.1, 0.15) is 11.5 Å². The highest BCUT2D eigenvalue weighted by Gasteiger charge is 2.26. The molecule has 0 aliphatic carbocycles. The zero-order chi connectivity index (χ0) is 19.5. The maximum Gasteiger partial charge on any atom is 0.294 e. The molecule has 0 aliphatic rings. The Morgan fingerprint density at radius 1 is 0.923 bits per heavy atom. The third-order valence-corrected chi connectivity index (χ3v) is 5.26. The van der Waals surface area contributed by atoms with E-state index in [1.54, 1.807) is 0 Å². The van der Waals surface area contributed by atoms with E-state index >= 15 is 0 Å². The van der Waals surface area contributed by atoms with E-state index in [9.17, 15) is 8.42 Å². The maximum absolute atomic E-state index is 11.1. The molecule has 0 aliphatic heterocycles. The monoisotopic (exact) mass is 376 g/mol. The Kier molecular flexibility index (Phi) is 6.14. The maximum atomic E-state index is 11.1. The molecule has 0 spiro atoms. The summed E-state index contributed by atoms with van der Waals surface area (Å²) in [5, 5.41) is 0. The fraction of sp³-hybridized carbons (Fsp3) is 0.429. The first-order valence-electron chi connectivity index (χ1n) is 8.82. The second-order valence-corrected chi connectivity index (χ2v) is 9.59. The highest BCUT2D eigenvalue weighted by atomic mass is 32.2. The van der Waals surface area contributed by atoms with Crippen LogP contribution < -0.4 is 4.74 Å². The number of ether oxygens (including phenoxy) is 1. The molecule has 1 atom stereocenters. The Balaban J connectivity index is 2.16. The fourth-order valence-corrected chi connectivity index (χ4v) is 3.52. The lowest BCUT2D eigenvalue weighted by Gasteiger charge is -2.32. The lowest BCUT2D eigenvalue weighted by molar-refractivity contribution is 0.280. The first-order chi connectivity index (χ1) is 12.0. The molecule has 1 unspecified atom stereocenters. The molecule has 2 aromatic rings. The van der Waals surface area contributed by atoms with Gasteiger partial charge in [-0.15, -0.1) is 0 Å². The van der Waals surface area contributed by atoms with Crippen LogP contribution in [0.3, 0.4) is 0 Å². The van der Waals surface area contributed by atoms with Crippen molar-refractivity contribution in [1.82, 2.24) is 0 Å². The molecule has 4 nitrogen and oxygen atoms in total. The van der Waals surface area contributed by atoms with Crippen LogP contribution in [-0.2, 0) is 10.1 Å². The third-order valence-electron chi connectivity index (χ3n) is 4.39. The van der Waals surface area contributed by atoms with Crippen molar-refractivity contribution in [2.24, 2.45) is 11.3 Å². The molecule has 142 valence electrons. The van der Waals surface area contributed by atoms with Crippen LogP contribution in [0.1, 0.15) is 52.5 Å². The molecular weight excluding hydrogens is 348 g/mol.